The Morgan fingerprint density at radius 1 is 0.853 bits per heavy atom. The van der Waals surface area contributed by atoms with Crippen LogP contribution in [0.2, 0.25) is 0 Å². The number of halogens is 1. The third-order valence-electron chi connectivity index (χ3n) is 5.98. The van der Waals surface area contributed by atoms with Crippen molar-refractivity contribution in [1.29, 1.82) is 0 Å². The maximum Gasteiger partial charge on any atom is 0.255 e. The van der Waals surface area contributed by atoms with Gasteiger partial charge in [-0.3, -0.25) is 9.59 Å². The van der Waals surface area contributed by atoms with Gasteiger partial charge >= 0.3 is 0 Å². The molecule has 1 N–H and O–H groups in total. The van der Waals surface area contributed by atoms with Gasteiger partial charge in [0.2, 0.25) is 0 Å². The Morgan fingerprint density at radius 3 is 2.24 bits per heavy atom. The maximum absolute atomic E-state index is 14.9. The fourth-order valence-electron chi connectivity index (χ4n) is 4.08. The second kappa shape index (κ2) is 8.93. The third-order valence-corrected chi connectivity index (χ3v) is 5.98. The van der Waals surface area contributed by atoms with Crippen LogP contribution in [0.5, 0.6) is 0 Å². The number of hydrogen-bond acceptors (Lipinski definition) is 7. The molecule has 172 valence electrons. The Morgan fingerprint density at radius 2 is 1.53 bits per heavy atom. The van der Waals surface area contributed by atoms with E-state index < -0.39 is 5.82 Å². The number of aromatic nitrogens is 2. The number of piperazine rings is 1. The number of amides is 1. The van der Waals surface area contributed by atoms with E-state index in [0.29, 0.717) is 46.6 Å². The normalized spacial score (nSPS) is 13.8. The largest absolute Gasteiger partial charge is 0.368 e. The van der Waals surface area contributed by atoms with Gasteiger partial charge in [-0.25, -0.2) is 9.02 Å². The number of ketones is 1. The fraction of sp³-hybridized carbons (Fsp3) is 0.200. The molecule has 0 atom stereocenters. The topological polar surface area (TPSA) is 91.6 Å². The minimum atomic E-state index is -0.395. The number of nitrogens with zero attached hydrogens (tertiary/aromatic N) is 4. The highest BCUT2D eigenvalue weighted by Gasteiger charge is 2.20. The zero-order valence-corrected chi connectivity index (χ0v) is 18.5. The van der Waals surface area contributed by atoms with E-state index >= 15 is 0 Å². The number of carbonyl (C=O) groups excluding carboxylic acids is 2. The van der Waals surface area contributed by atoms with Crippen LogP contribution in [-0.4, -0.2) is 48.2 Å². The summed E-state index contributed by atoms with van der Waals surface area (Å²) in [5.74, 6) is -0.727. The lowest BCUT2D eigenvalue weighted by molar-refractivity contribution is 0.101. The number of nitrogens with one attached hydrogen (secondary N) is 1. The Kier molecular flexibility index (Phi) is 5.67. The molecular weight excluding hydrogens is 437 g/mol. The van der Waals surface area contributed by atoms with E-state index in [-0.39, 0.29) is 11.7 Å². The maximum atomic E-state index is 14.9. The smallest absolute Gasteiger partial charge is 0.255 e. The lowest BCUT2D eigenvalue weighted by atomic mass is 10.1. The summed E-state index contributed by atoms with van der Waals surface area (Å²) < 4.78 is 19.6. The van der Waals surface area contributed by atoms with Gasteiger partial charge in [0.05, 0.1) is 5.69 Å². The summed E-state index contributed by atoms with van der Waals surface area (Å²) in [6.07, 6.45) is 0. The molecule has 0 unspecified atom stereocenters. The van der Waals surface area contributed by atoms with Gasteiger partial charge in [-0.2, -0.15) is 0 Å². The molecule has 0 spiro atoms. The molecule has 1 aliphatic heterocycles. The number of carbonyl (C=O) groups is 2. The molecule has 3 aromatic carbocycles. The highest BCUT2D eigenvalue weighted by molar-refractivity contribution is 6.05. The van der Waals surface area contributed by atoms with E-state index in [1.807, 2.05) is 29.2 Å². The molecule has 1 aliphatic rings. The Labute approximate surface area is 194 Å². The molecule has 1 amide bonds. The summed E-state index contributed by atoms with van der Waals surface area (Å²) in [7, 11) is 0. The van der Waals surface area contributed by atoms with Crippen LogP contribution in [0, 0.1) is 5.82 Å². The Balaban J connectivity index is 1.22. The standard InChI is InChI=1S/C25H22FN5O3/c1-16(32)17-2-6-20(7-3-17)30-10-12-31(13-11-30)24-9-5-19(15-21(24)26)27-25(33)18-4-8-22-23(14-18)29-34-28-22/h2-9,14-15H,10-13H2,1H3,(H,27,33). The van der Waals surface area contributed by atoms with Crippen LogP contribution in [0.1, 0.15) is 27.6 Å². The van der Waals surface area contributed by atoms with E-state index in [4.69, 9.17) is 0 Å². The Hall–Kier alpha value is -4.27. The van der Waals surface area contributed by atoms with E-state index in [2.05, 4.69) is 25.2 Å². The molecule has 0 saturated carbocycles. The number of Topliss-reactive ketones (excluding diaryl/α,β-unsaturated/α-hetero) is 1. The second-order valence-corrected chi connectivity index (χ2v) is 8.17. The summed E-state index contributed by atoms with van der Waals surface area (Å²) in [5.41, 5.74) is 4.01. The zero-order chi connectivity index (χ0) is 23.7. The number of anilines is 3. The first-order valence-corrected chi connectivity index (χ1v) is 10.9. The van der Waals surface area contributed by atoms with E-state index in [9.17, 15) is 14.0 Å². The molecule has 0 radical (unpaired) electrons. The van der Waals surface area contributed by atoms with Gasteiger partial charge in [0, 0.05) is 48.7 Å². The first-order valence-electron chi connectivity index (χ1n) is 10.9. The molecule has 2 heterocycles. The van der Waals surface area contributed by atoms with Gasteiger partial charge in [-0.15, -0.1) is 0 Å². The molecule has 1 saturated heterocycles. The number of hydrogen-bond donors (Lipinski definition) is 1. The summed E-state index contributed by atoms with van der Waals surface area (Å²) in [4.78, 5) is 28.2. The van der Waals surface area contributed by atoms with Crippen LogP contribution in [-0.2, 0) is 0 Å². The van der Waals surface area contributed by atoms with Gasteiger partial charge in [-0.1, -0.05) is 0 Å². The predicted octanol–water partition coefficient (Wildman–Crippen LogP) is 4.14. The molecule has 4 aromatic rings. The van der Waals surface area contributed by atoms with Crippen molar-refractivity contribution in [2.24, 2.45) is 0 Å². The number of benzene rings is 3. The Bertz CT molecular complexity index is 1360. The molecular formula is C25H22FN5O3. The number of rotatable bonds is 5. The van der Waals surface area contributed by atoms with Crippen LogP contribution in [0.3, 0.4) is 0 Å². The zero-order valence-electron chi connectivity index (χ0n) is 18.5. The summed E-state index contributed by atoms with van der Waals surface area (Å²) >= 11 is 0. The molecule has 0 aliphatic carbocycles. The van der Waals surface area contributed by atoms with Crippen LogP contribution in [0.15, 0.2) is 65.3 Å². The van der Waals surface area contributed by atoms with Gasteiger partial charge in [0.1, 0.15) is 16.9 Å². The van der Waals surface area contributed by atoms with Crippen molar-refractivity contribution in [2.75, 3.05) is 41.3 Å². The van der Waals surface area contributed by atoms with Crippen molar-refractivity contribution < 1.29 is 18.6 Å². The quantitative estimate of drug-likeness (QED) is 0.449. The first kappa shape index (κ1) is 21.6. The minimum Gasteiger partial charge on any atom is -0.368 e. The monoisotopic (exact) mass is 459 g/mol. The predicted molar refractivity (Wildman–Crippen MR) is 127 cm³/mol. The SMILES string of the molecule is CC(=O)c1ccc(N2CCN(c3ccc(NC(=O)c4ccc5nonc5c4)cc3F)CC2)cc1. The summed E-state index contributed by atoms with van der Waals surface area (Å²) in [5, 5.41) is 10.2. The first-order chi connectivity index (χ1) is 16.5. The van der Waals surface area contributed by atoms with Gasteiger partial charge in [-0.05, 0) is 77.9 Å². The summed E-state index contributed by atoms with van der Waals surface area (Å²) in [6, 6.07) is 17.1. The van der Waals surface area contributed by atoms with Crippen molar-refractivity contribution in [1.82, 2.24) is 10.3 Å². The average molecular weight is 459 g/mol. The lowest BCUT2D eigenvalue weighted by Crippen LogP contribution is -2.46. The second-order valence-electron chi connectivity index (χ2n) is 8.17. The van der Waals surface area contributed by atoms with E-state index in [1.165, 1.54) is 6.07 Å². The van der Waals surface area contributed by atoms with Crippen molar-refractivity contribution in [2.45, 2.75) is 6.92 Å². The van der Waals surface area contributed by atoms with Crippen molar-refractivity contribution in [3.05, 3.63) is 77.6 Å². The van der Waals surface area contributed by atoms with E-state index in [1.54, 1.807) is 37.3 Å². The molecule has 1 fully saturated rings. The summed E-state index contributed by atoms with van der Waals surface area (Å²) in [6.45, 7) is 4.33. The van der Waals surface area contributed by atoms with Gasteiger partial charge in [0.25, 0.3) is 5.91 Å². The molecule has 0 bridgehead atoms. The van der Waals surface area contributed by atoms with Crippen molar-refractivity contribution in [3.63, 3.8) is 0 Å². The minimum absolute atomic E-state index is 0.0415. The highest BCUT2D eigenvalue weighted by atomic mass is 19.1. The number of fused-ring (bicyclic) bond motifs is 1. The average Bonchev–Trinajstić information content (AvgIpc) is 3.32. The van der Waals surface area contributed by atoms with Gasteiger partial charge in [0.15, 0.2) is 5.78 Å². The molecule has 9 heteroatoms. The molecule has 34 heavy (non-hydrogen) atoms. The molecule has 1 aromatic heterocycles. The molecule has 5 rings (SSSR count). The highest BCUT2D eigenvalue weighted by Crippen LogP contribution is 2.26. The van der Waals surface area contributed by atoms with Crippen molar-refractivity contribution in [3.8, 4) is 0 Å². The van der Waals surface area contributed by atoms with Crippen LogP contribution in [0.25, 0.3) is 11.0 Å². The van der Waals surface area contributed by atoms with Crippen LogP contribution < -0.4 is 15.1 Å². The van der Waals surface area contributed by atoms with E-state index in [0.717, 1.165) is 18.8 Å². The van der Waals surface area contributed by atoms with Crippen molar-refractivity contribution >= 4 is 39.8 Å². The van der Waals surface area contributed by atoms with Gasteiger partial charge < -0.3 is 15.1 Å². The van der Waals surface area contributed by atoms with Crippen LogP contribution >= 0.6 is 0 Å². The third kappa shape index (κ3) is 4.32. The van der Waals surface area contributed by atoms with Crippen LogP contribution in [0.4, 0.5) is 21.5 Å². The molecule has 8 nitrogen and oxygen atoms in total. The fourth-order valence-corrected chi connectivity index (χ4v) is 4.08. The lowest BCUT2D eigenvalue weighted by Gasteiger charge is -2.37.